The van der Waals surface area contributed by atoms with E-state index in [0.717, 1.165) is 19.3 Å². The standard InChI is InChI=1S/C10H18N2O2/c1-7-11-6-10(13)12(7)8-3-4-9(5-8)14-2/h7-9,11H,3-6H2,1-2H3. The van der Waals surface area contributed by atoms with Crippen LogP contribution in [0.5, 0.6) is 0 Å². The van der Waals surface area contributed by atoms with Crippen molar-refractivity contribution in [3.05, 3.63) is 0 Å². The second-order valence-corrected chi connectivity index (χ2v) is 4.18. The number of carbonyl (C=O) groups excluding carboxylic acids is 1. The van der Waals surface area contributed by atoms with Crippen LogP contribution in [0.2, 0.25) is 0 Å². The van der Waals surface area contributed by atoms with Crippen LogP contribution in [0.25, 0.3) is 0 Å². The molecule has 4 heteroatoms. The summed E-state index contributed by atoms with van der Waals surface area (Å²) in [4.78, 5) is 13.6. The third-order valence-corrected chi connectivity index (χ3v) is 3.34. The lowest BCUT2D eigenvalue weighted by atomic mass is 10.2. The van der Waals surface area contributed by atoms with Gasteiger partial charge in [0.1, 0.15) is 0 Å². The van der Waals surface area contributed by atoms with E-state index in [1.54, 1.807) is 7.11 Å². The summed E-state index contributed by atoms with van der Waals surface area (Å²) >= 11 is 0. The molecule has 1 N–H and O–H groups in total. The molecule has 3 unspecified atom stereocenters. The third kappa shape index (κ3) is 1.64. The van der Waals surface area contributed by atoms with Gasteiger partial charge in [-0.05, 0) is 26.2 Å². The van der Waals surface area contributed by atoms with Crippen LogP contribution < -0.4 is 5.32 Å². The first-order chi connectivity index (χ1) is 6.72. The van der Waals surface area contributed by atoms with Crippen molar-refractivity contribution >= 4 is 5.91 Å². The number of hydrogen-bond acceptors (Lipinski definition) is 3. The molecule has 1 saturated carbocycles. The number of methoxy groups -OCH3 is 1. The van der Waals surface area contributed by atoms with E-state index in [4.69, 9.17) is 4.74 Å². The lowest BCUT2D eigenvalue weighted by Gasteiger charge is -2.27. The maximum Gasteiger partial charge on any atom is 0.238 e. The summed E-state index contributed by atoms with van der Waals surface area (Å²) in [5.41, 5.74) is 0. The minimum absolute atomic E-state index is 0.197. The Balaban J connectivity index is 1.98. The van der Waals surface area contributed by atoms with Crippen molar-refractivity contribution in [1.82, 2.24) is 10.2 Å². The van der Waals surface area contributed by atoms with E-state index in [1.165, 1.54) is 0 Å². The van der Waals surface area contributed by atoms with Crippen LogP contribution in [0.4, 0.5) is 0 Å². The van der Waals surface area contributed by atoms with Crippen LogP contribution in [0.3, 0.4) is 0 Å². The smallest absolute Gasteiger partial charge is 0.238 e. The van der Waals surface area contributed by atoms with Gasteiger partial charge in [0.05, 0.1) is 18.8 Å². The van der Waals surface area contributed by atoms with Crippen molar-refractivity contribution in [2.75, 3.05) is 13.7 Å². The van der Waals surface area contributed by atoms with Crippen LogP contribution in [0, 0.1) is 0 Å². The zero-order valence-corrected chi connectivity index (χ0v) is 8.82. The molecule has 2 rings (SSSR count). The topological polar surface area (TPSA) is 41.6 Å². The second-order valence-electron chi connectivity index (χ2n) is 4.18. The van der Waals surface area contributed by atoms with Crippen molar-refractivity contribution in [3.8, 4) is 0 Å². The molecule has 0 spiro atoms. The van der Waals surface area contributed by atoms with Gasteiger partial charge in [-0.3, -0.25) is 10.1 Å². The number of rotatable bonds is 2. The first kappa shape index (κ1) is 9.93. The number of amides is 1. The van der Waals surface area contributed by atoms with Gasteiger partial charge in [0.2, 0.25) is 5.91 Å². The third-order valence-electron chi connectivity index (χ3n) is 3.34. The molecule has 3 atom stereocenters. The molecule has 0 aromatic carbocycles. The van der Waals surface area contributed by atoms with Gasteiger partial charge in [0, 0.05) is 13.2 Å². The number of hydrogen-bond donors (Lipinski definition) is 1. The number of nitrogens with zero attached hydrogens (tertiary/aromatic N) is 1. The van der Waals surface area contributed by atoms with Crippen LogP contribution in [-0.2, 0) is 9.53 Å². The quantitative estimate of drug-likeness (QED) is 0.695. The molecule has 0 aromatic heterocycles. The van der Waals surface area contributed by atoms with Crippen molar-refractivity contribution in [3.63, 3.8) is 0 Å². The molecule has 2 fully saturated rings. The molecule has 1 amide bonds. The Kier molecular flexibility index (Phi) is 2.74. The first-order valence-electron chi connectivity index (χ1n) is 5.29. The van der Waals surface area contributed by atoms with Crippen LogP contribution >= 0.6 is 0 Å². The maximum absolute atomic E-state index is 11.6. The SMILES string of the molecule is COC1CCC(N2C(=O)CNC2C)C1. The molecule has 1 aliphatic carbocycles. The van der Waals surface area contributed by atoms with Crippen LogP contribution in [-0.4, -0.2) is 42.8 Å². The van der Waals surface area contributed by atoms with Crippen LogP contribution in [0.15, 0.2) is 0 Å². The van der Waals surface area contributed by atoms with E-state index in [-0.39, 0.29) is 12.1 Å². The Morgan fingerprint density at radius 3 is 2.79 bits per heavy atom. The maximum atomic E-state index is 11.6. The fraction of sp³-hybridized carbons (Fsp3) is 0.900. The van der Waals surface area contributed by atoms with Gasteiger partial charge in [-0.2, -0.15) is 0 Å². The summed E-state index contributed by atoms with van der Waals surface area (Å²) in [7, 11) is 1.75. The Morgan fingerprint density at radius 2 is 2.29 bits per heavy atom. The Bertz CT molecular complexity index is 232. The van der Waals surface area contributed by atoms with E-state index in [2.05, 4.69) is 5.32 Å². The van der Waals surface area contributed by atoms with Gasteiger partial charge in [0.15, 0.2) is 0 Å². The highest BCUT2D eigenvalue weighted by atomic mass is 16.5. The van der Waals surface area contributed by atoms with Gasteiger partial charge in [-0.25, -0.2) is 0 Å². The van der Waals surface area contributed by atoms with E-state index in [1.807, 2.05) is 11.8 Å². The predicted molar refractivity (Wildman–Crippen MR) is 52.7 cm³/mol. The monoisotopic (exact) mass is 198 g/mol. The normalized spacial score (nSPS) is 38.3. The fourth-order valence-electron chi connectivity index (χ4n) is 2.54. The largest absolute Gasteiger partial charge is 0.381 e. The molecule has 0 aromatic rings. The number of carbonyl (C=O) groups is 1. The van der Waals surface area contributed by atoms with E-state index in [9.17, 15) is 4.79 Å². The predicted octanol–water partition coefficient (Wildman–Crippen LogP) is 0.332. The Labute approximate surface area is 84.6 Å². The zero-order chi connectivity index (χ0) is 10.1. The molecular formula is C10H18N2O2. The molecule has 14 heavy (non-hydrogen) atoms. The Morgan fingerprint density at radius 1 is 1.50 bits per heavy atom. The van der Waals surface area contributed by atoms with E-state index >= 15 is 0 Å². The molecule has 1 aliphatic heterocycles. The minimum Gasteiger partial charge on any atom is -0.381 e. The van der Waals surface area contributed by atoms with Gasteiger partial charge < -0.3 is 9.64 Å². The molecule has 2 aliphatic rings. The summed E-state index contributed by atoms with van der Waals surface area (Å²) in [5, 5.41) is 3.16. The average molecular weight is 198 g/mol. The molecule has 0 bridgehead atoms. The van der Waals surface area contributed by atoms with Gasteiger partial charge >= 0.3 is 0 Å². The lowest BCUT2D eigenvalue weighted by Crippen LogP contribution is -2.42. The second kappa shape index (κ2) is 3.87. The van der Waals surface area contributed by atoms with Gasteiger partial charge in [-0.1, -0.05) is 0 Å². The number of nitrogens with one attached hydrogen (secondary N) is 1. The molecule has 0 radical (unpaired) electrons. The lowest BCUT2D eigenvalue weighted by molar-refractivity contribution is -0.130. The summed E-state index contributed by atoms with van der Waals surface area (Å²) in [6.07, 6.45) is 3.70. The van der Waals surface area contributed by atoms with Crippen molar-refractivity contribution < 1.29 is 9.53 Å². The molecule has 80 valence electrons. The highest BCUT2D eigenvalue weighted by Gasteiger charge is 2.37. The number of ether oxygens (including phenoxy) is 1. The van der Waals surface area contributed by atoms with Crippen molar-refractivity contribution in [1.29, 1.82) is 0 Å². The molecule has 4 nitrogen and oxygen atoms in total. The Hall–Kier alpha value is -0.610. The highest BCUT2D eigenvalue weighted by molar-refractivity contribution is 5.80. The zero-order valence-electron chi connectivity index (χ0n) is 8.82. The molecule has 1 heterocycles. The van der Waals surface area contributed by atoms with E-state index < -0.39 is 0 Å². The van der Waals surface area contributed by atoms with Gasteiger partial charge in [-0.15, -0.1) is 0 Å². The van der Waals surface area contributed by atoms with Crippen molar-refractivity contribution in [2.45, 2.75) is 44.5 Å². The van der Waals surface area contributed by atoms with Crippen LogP contribution in [0.1, 0.15) is 26.2 Å². The molecular weight excluding hydrogens is 180 g/mol. The summed E-state index contributed by atoms with van der Waals surface area (Å²) in [5.74, 6) is 0.235. The first-order valence-corrected chi connectivity index (χ1v) is 5.29. The van der Waals surface area contributed by atoms with E-state index in [0.29, 0.717) is 18.7 Å². The molecule has 1 saturated heterocycles. The summed E-state index contributed by atoms with van der Waals surface area (Å²) in [6, 6.07) is 0.387. The fourth-order valence-corrected chi connectivity index (χ4v) is 2.54. The minimum atomic E-state index is 0.197. The summed E-state index contributed by atoms with van der Waals surface area (Å²) in [6.45, 7) is 2.54. The highest BCUT2D eigenvalue weighted by Crippen LogP contribution is 2.28. The summed E-state index contributed by atoms with van der Waals surface area (Å²) < 4.78 is 5.31. The average Bonchev–Trinajstić information content (AvgIpc) is 2.73. The van der Waals surface area contributed by atoms with Gasteiger partial charge in [0.25, 0.3) is 0 Å². The van der Waals surface area contributed by atoms with Crippen molar-refractivity contribution in [2.24, 2.45) is 0 Å².